The van der Waals surface area contributed by atoms with E-state index < -0.39 is 17.0 Å². The number of thioether (sulfide) groups is 3. The van der Waals surface area contributed by atoms with Gasteiger partial charge in [0.05, 0.1) is 11.3 Å². The summed E-state index contributed by atoms with van der Waals surface area (Å²) in [5.41, 5.74) is 2.27. The van der Waals surface area contributed by atoms with E-state index in [1.165, 1.54) is 47.4 Å². The molecule has 1 N–H and O–H groups in total. The molecule has 3 rings (SSSR count). The fourth-order valence-corrected chi connectivity index (χ4v) is 5.57. The molecule has 0 saturated heterocycles. The second kappa shape index (κ2) is 11.4. The van der Waals surface area contributed by atoms with Crippen LogP contribution >= 0.6 is 35.3 Å². The molecule has 0 aliphatic carbocycles. The third-order valence-electron chi connectivity index (χ3n) is 4.78. The van der Waals surface area contributed by atoms with Crippen molar-refractivity contribution >= 4 is 46.9 Å². The van der Waals surface area contributed by atoms with Gasteiger partial charge in [0.15, 0.2) is 0 Å². The van der Waals surface area contributed by atoms with E-state index in [-0.39, 0.29) is 5.91 Å². The first-order chi connectivity index (χ1) is 15.7. The SMILES string of the molecule is CSc1cc(C)nc(SC)c1NC(=O)C(SCc1ccccc1)c1ccc(C(F)(F)F)cc1. The number of nitrogens with one attached hydrogen (secondary N) is 1. The lowest BCUT2D eigenvalue weighted by Crippen LogP contribution is -2.20. The Balaban J connectivity index is 1.92. The van der Waals surface area contributed by atoms with E-state index in [1.807, 2.05) is 55.8 Å². The molecule has 0 aliphatic rings. The quantitative estimate of drug-likeness (QED) is 0.320. The second-order valence-electron chi connectivity index (χ2n) is 7.14. The van der Waals surface area contributed by atoms with Crippen LogP contribution in [0.3, 0.4) is 0 Å². The fraction of sp³-hybridized carbons (Fsp3) is 0.250. The van der Waals surface area contributed by atoms with Crippen molar-refractivity contribution in [1.29, 1.82) is 0 Å². The number of benzene rings is 2. The normalized spacial score (nSPS) is 12.4. The van der Waals surface area contributed by atoms with Gasteiger partial charge in [0, 0.05) is 16.3 Å². The van der Waals surface area contributed by atoms with E-state index in [1.54, 1.807) is 0 Å². The predicted octanol–water partition coefficient (Wildman–Crippen LogP) is 7.47. The van der Waals surface area contributed by atoms with Crippen LogP contribution in [-0.4, -0.2) is 23.4 Å². The van der Waals surface area contributed by atoms with E-state index in [2.05, 4.69) is 10.3 Å². The Morgan fingerprint density at radius 1 is 1.03 bits per heavy atom. The Morgan fingerprint density at radius 3 is 2.27 bits per heavy atom. The maximum Gasteiger partial charge on any atom is 0.416 e. The number of anilines is 1. The summed E-state index contributed by atoms with van der Waals surface area (Å²) in [6.07, 6.45) is -0.618. The number of amides is 1. The largest absolute Gasteiger partial charge is 0.416 e. The summed E-state index contributed by atoms with van der Waals surface area (Å²) < 4.78 is 39.1. The number of carbonyl (C=O) groups excluding carboxylic acids is 1. The molecule has 1 amide bonds. The van der Waals surface area contributed by atoms with E-state index in [0.29, 0.717) is 22.0 Å². The van der Waals surface area contributed by atoms with Crippen molar-refractivity contribution in [2.24, 2.45) is 0 Å². The van der Waals surface area contributed by atoms with Gasteiger partial charge in [-0.1, -0.05) is 42.5 Å². The summed E-state index contributed by atoms with van der Waals surface area (Å²) in [4.78, 5) is 18.8. The minimum Gasteiger partial charge on any atom is -0.322 e. The summed E-state index contributed by atoms with van der Waals surface area (Å²) >= 11 is 4.31. The number of hydrogen-bond donors (Lipinski definition) is 1. The van der Waals surface area contributed by atoms with E-state index in [4.69, 9.17) is 0 Å². The number of alkyl halides is 3. The van der Waals surface area contributed by atoms with Gasteiger partial charge < -0.3 is 5.32 Å². The number of hydrogen-bond acceptors (Lipinski definition) is 5. The molecule has 1 unspecified atom stereocenters. The molecule has 3 nitrogen and oxygen atoms in total. The summed E-state index contributed by atoms with van der Waals surface area (Å²) in [5.74, 6) is 0.239. The molecule has 1 atom stereocenters. The van der Waals surface area contributed by atoms with Crippen LogP contribution in [0.1, 0.15) is 27.6 Å². The van der Waals surface area contributed by atoms with Gasteiger partial charge in [-0.2, -0.15) is 13.2 Å². The molecular weight excluding hydrogens is 485 g/mol. The van der Waals surface area contributed by atoms with Gasteiger partial charge in [-0.3, -0.25) is 4.79 Å². The van der Waals surface area contributed by atoms with Crippen molar-refractivity contribution in [3.05, 3.63) is 83.0 Å². The lowest BCUT2D eigenvalue weighted by Gasteiger charge is -2.20. The fourth-order valence-electron chi connectivity index (χ4n) is 3.15. The van der Waals surface area contributed by atoms with E-state index in [9.17, 15) is 18.0 Å². The van der Waals surface area contributed by atoms with Gasteiger partial charge in [0.25, 0.3) is 0 Å². The smallest absolute Gasteiger partial charge is 0.322 e. The monoisotopic (exact) mass is 508 g/mol. The van der Waals surface area contributed by atoms with Crippen LogP contribution in [0.25, 0.3) is 0 Å². The third-order valence-corrected chi connectivity index (χ3v) is 7.54. The Kier molecular flexibility index (Phi) is 8.78. The summed E-state index contributed by atoms with van der Waals surface area (Å²) in [7, 11) is 0. The van der Waals surface area contributed by atoms with E-state index in [0.717, 1.165) is 28.3 Å². The first kappa shape index (κ1) is 25.5. The summed E-state index contributed by atoms with van der Waals surface area (Å²) in [5, 5.41) is 3.01. The molecule has 0 radical (unpaired) electrons. The van der Waals surface area contributed by atoms with Crippen molar-refractivity contribution < 1.29 is 18.0 Å². The van der Waals surface area contributed by atoms with Gasteiger partial charge in [0.1, 0.15) is 10.3 Å². The van der Waals surface area contributed by atoms with Crippen LogP contribution in [0, 0.1) is 6.92 Å². The molecule has 0 bridgehead atoms. The van der Waals surface area contributed by atoms with Crippen molar-refractivity contribution in [2.45, 2.75) is 34.0 Å². The van der Waals surface area contributed by atoms with E-state index >= 15 is 0 Å². The maximum atomic E-state index is 13.4. The molecule has 0 saturated carbocycles. The first-order valence-corrected chi connectivity index (χ1v) is 13.5. The van der Waals surface area contributed by atoms with Gasteiger partial charge >= 0.3 is 6.18 Å². The zero-order chi connectivity index (χ0) is 24.0. The Morgan fingerprint density at radius 2 is 1.70 bits per heavy atom. The standard InChI is InChI=1S/C24H23F3N2OS3/c1-15-13-19(31-2)20(23(28-15)32-3)29-22(30)21(33-14-16-7-5-4-6-8-16)17-9-11-18(12-10-17)24(25,26)27/h4-13,21H,14H2,1-3H3,(H,29,30). The van der Waals surface area contributed by atoms with Crippen molar-refractivity contribution in [3.8, 4) is 0 Å². The minimum absolute atomic E-state index is 0.299. The molecule has 33 heavy (non-hydrogen) atoms. The highest BCUT2D eigenvalue weighted by molar-refractivity contribution is 8.00. The Bertz CT molecular complexity index is 1070. The first-order valence-electron chi connectivity index (χ1n) is 9.96. The van der Waals surface area contributed by atoms with Crippen LogP contribution in [0.5, 0.6) is 0 Å². The summed E-state index contributed by atoms with van der Waals surface area (Å²) in [6, 6.07) is 16.3. The number of carbonyl (C=O) groups is 1. The Hall–Kier alpha value is -2.10. The van der Waals surface area contributed by atoms with Crippen molar-refractivity contribution in [3.63, 3.8) is 0 Å². The topological polar surface area (TPSA) is 42.0 Å². The van der Waals surface area contributed by atoms with Crippen LogP contribution < -0.4 is 5.32 Å². The molecule has 3 aromatic rings. The molecule has 1 aromatic heterocycles. The molecule has 2 aromatic carbocycles. The van der Waals surface area contributed by atoms with Gasteiger partial charge in [0.2, 0.25) is 5.91 Å². The maximum absolute atomic E-state index is 13.4. The third kappa shape index (κ3) is 6.71. The average molecular weight is 509 g/mol. The minimum atomic E-state index is -4.43. The van der Waals surface area contributed by atoms with Gasteiger partial charge in [-0.05, 0) is 48.8 Å². The Labute approximate surface area is 204 Å². The van der Waals surface area contributed by atoms with Crippen LogP contribution in [0.2, 0.25) is 0 Å². The van der Waals surface area contributed by atoms with Crippen molar-refractivity contribution in [2.75, 3.05) is 17.8 Å². The predicted molar refractivity (Wildman–Crippen MR) is 133 cm³/mol. The molecule has 1 heterocycles. The lowest BCUT2D eigenvalue weighted by atomic mass is 10.1. The zero-order valence-electron chi connectivity index (χ0n) is 18.3. The lowest BCUT2D eigenvalue weighted by molar-refractivity contribution is -0.137. The second-order valence-corrected chi connectivity index (χ2v) is 9.87. The number of nitrogens with zero attached hydrogens (tertiary/aromatic N) is 1. The summed E-state index contributed by atoms with van der Waals surface area (Å²) in [6.45, 7) is 1.89. The van der Waals surface area contributed by atoms with Crippen LogP contribution in [-0.2, 0) is 16.7 Å². The molecular formula is C24H23F3N2OS3. The number of halogens is 3. The zero-order valence-corrected chi connectivity index (χ0v) is 20.7. The van der Waals surface area contributed by atoms with Crippen molar-refractivity contribution in [1.82, 2.24) is 4.98 Å². The van der Waals surface area contributed by atoms with Gasteiger partial charge in [-0.15, -0.1) is 35.3 Å². The van der Waals surface area contributed by atoms with Gasteiger partial charge in [-0.25, -0.2) is 4.98 Å². The number of rotatable bonds is 8. The molecule has 0 fully saturated rings. The highest BCUT2D eigenvalue weighted by atomic mass is 32.2. The van der Waals surface area contributed by atoms with Crippen LogP contribution in [0.15, 0.2) is 70.6 Å². The molecule has 174 valence electrons. The average Bonchev–Trinajstić information content (AvgIpc) is 2.80. The number of pyridine rings is 1. The highest BCUT2D eigenvalue weighted by Crippen LogP contribution is 2.38. The van der Waals surface area contributed by atoms with Crippen LogP contribution in [0.4, 0.5) is 18.9 Å². The molecule has 9 heteroatoms. The number of aromatic nitrogens is 1. The highest BCUT2D eigenvalue weighted by Gasteiger charge is 2.31. The number of aryl methyl sites for hydroxylation is 1. The molecule has 0 spiro atoms. The molecule has 0 aliphatic heterocycles.